The number of nitrogens with zero attached hydrogens (tertiary/aromatic N) is 2. The van der Waals surface area contributed by atoms with Crippen molar-refractivity contribution in [3.63, 3.8) is 0 Å². The Bertz CT molecular complexity index is 561. The molecule has 4 nitrogen and oxygen atoms in total. The average molecular weight is 299 g/mol. The Balaban J connectivity index is 0.000000847. The van der Waals surface area contributed by atoms with Gasteiger partial charge in [0.15, 0.2) is 0 Å². The summed E-state index contributed by atoms with van der Waals surface area (Å²) in [4.78, 5) is 6.53. The third-order valence-electron chi connectivity index (χ3n) is 4.00. The molecule has 4 heteroatoms. The summed E-state index contributed by atoms with van der Waals surface area (Å²) in [5.74, 6) is 0.925. The largest absolute Gasteiger partial charge is 0.397 e. The zero-order valence-electron chi connectivity index (χ0n) is 13.4. The van der Waals surface area contributed by atoms with Gasteiger partial charge in [-0.2, -0.15) is 0 Å². The van der Waals surface area contributed by atoms with E-state index in [2.05, 4.69) is 9.88 Å². The second-order valence-corrected chi connectivity index (χ2v) is 5.33. The first kappa shape index (κ1) is 16.3. The van der Waals surface area contributed by atoms with Gasteiger partial charge in [0.25, 0.3) is 0 Å². The van der Waals surface area contributed by atoms with Crippen molar-refractivity contribution in [3.05, 3.63) is 54.2 Å². The molecule has 0 spiro atoms. The monoisotopic (exact) mass is 299 g/mol. The lowest BCUT2D eigenvalue weighted by atomic mass is 9.84. The molecule has 0 amide bonds. The fraction of sp³-hybridized carbons (Fsp3) is 0.389. The molecule has 0 aliphatic carbocycles. The van der Waals surface area contributed by atoms with E-state index in [1.54, 1.807) is 6.20 Å². The number of rotatable bonds is 2. The summed E-state index contributed by atoms with van der Waals surface area (Å²) in [5.41, 5.74) is 6.61. The molecule has 1 aliphatic heterocycles. The smallest absolute Gasteiger partial charge is 0.128 e. The van der Waals surface area contributed by atoms with Crippen LogP contribution in [0.2, 0.25) is 0 Å². The highest BCUT2D eigenvalue weighted by Gasteiger charge is 2.34. The van der Waals surface area contributed by atoms with Gasteiger partial charge in [-0.3, -0.25) is 0 Å². The summed E-state index contributed by atoms with van der Waals surface area (Å²) in [7, 11) is 0. The van der Waals surface area contributed by atoms with Gasteiger partial charge in [0.2, 0.25) is 0 Å². The van der Waals surface area contributed by atoms with Crippen molar-refractivity contribution >= 4 is 11.5 Å². The molecule has 3 N–H and O–H groups in total. The number of hydrogen-bond acceptors (Lipinski definition) is 4. The molecule has 0 unspecified atom stereocenters. The summed E-state index contributed by atoms with van der Waals surface area (Å²) in [6.07, 6.45) is 3.10. The van der Waals surface area contributed by atoms with Crippen molar-refractivity contribution in [2.75, 3.05) is 23.7 Å². The standard InChI is InChI=1S/C16H19N3O.C2H6/c17-14-6-7-15(18-12-14)19-10-8-16(20,9-11-19)13-4-2-1-3-5-13;1-2/h1-7,12,20H,8-11,17H2;1-2H3. The number of pyridine rings is 1. The first-order chi connectivity index (χ1) is 10.7. The van der Waals surface area contributed by atoms with E-state index in [0.717, 1.165) is 24.5 Å². The van der Waals surface area contributed by atoms with E-state index in [-0.39, 0.29) is 0 Å². The van der Waals surface area contributed by atoms with Gasteiger partial charge >= 0.3 is 0 Å². The number of aromatic nitrogens is 1. The van der Waals surface area contributed by atoms with Crippen LogP contribution in [-0.4, -0.2) is 23.2 Å². The van der Waals surface area contributed by atoms with E-state index < -0.39 is 5.60 Å². The molecule has 22 heavy (non-hydrogen) atoms. The molecule has 118 valence electrons. The SMILES string of the molecule is CC.Nc1ccc(N2CCC(O)(c3ccccc3)CC2)nc1. The molecule has 1 aromatic carbocycles. The molecule has 1 aromatic heterocycles. The van der Waals surface area contributed by atoms with Crippen molar-refractivity contribution in [3.8, 4) is 0 Å². The molecular weight excluding hydrogens is 274 g/mol. The second-order valence-electron chi connectivity index (χ2n) is 5.33. The molecule has 1 saturated heterocycles. The van der Waals surface area contributed by atoms with Gasteiger partial charge in [0.1, 0.15) is 5.82 Å². The summed E-state index contributed by atoms with van der Waals surface area (Å²) < 4.78 is 0. The lowest BCUT2D eigenvalue weighted by Crippen LogP contribution is -2.42. The summed E-state index contributed by atoms with van der Waals surface area (Å²) in [6, 6.07) is 13.7. The minimum Gasteiger partial charge on any atom is -0.397 e. The first-order valence-corrected chi connectivity index (χ1v) is 7.92. The van der Waals surface area contributed by atoms with Gasteiger partial charge in [-0.25, -0.2) is 4.98 Å². The Morgan fingerprint density at radius 2 is 1.68 bits per heavy atom. The average Bonchev–Trinajstić information content (AvgIpc) is 2.59. The van der Waals surface area contributed by atoms with E-state index >= 15 is 0 Å². The van der Waals surface area contributed by atoms with Crippen LogP contribution in [0.4, 0.5) is 11.5 Å². The quantitative estimate of drug-likeness (QED) is 0.894. The highest BCUT2D eigenvalue weighted by atomic mass is 16.3. The van der Waals surface area contributed by atoms with E-state index in [4.69, 9.17) is 5.73 Å². The predicted molar refractivity (Wildman–Crippen MR) is 91.8 cm³/mol. The fourth-order valence-electron chi connectivity index (χ4n) is 2.73. The number of anilines is 2. The Morgan fingerprint density at radius 3 is 2.23 bits per heavy atom. The minimum absolute atomic E-state index is 0.673. The molecule has 2 heterocycles. The number of nitrogens with two attached hydrogens (primary N) is 1. The van der Waals surface area contributed by atoms with E-state index in [9.17, 15) is 5.11 Å². The van der Waals surface area contributed by atoms with Crippen LogP contribution in [-0.2, 0) is 5.60 Å². The van der Waals surface area contributed by atoms with Gasteiger partial charge in [-0.15, -0.1) is 0 Å². The zero-order valence-corrected chi connectivity index (χ0v) is 13.4. The number of aliphatic hydroxyl groups is 1. The van der Waals surface area contributed by atoms with Crippen molar-refractivity contribution < 1.29 is 5.11 Å². The lowest BCUT2D eigenvalue weighted by Gasteiger charge is -2.39. The molecule has 0 radical (unpaired) electrons. The topological polar surface area (TPSA) is 62.4 Å². The Morgan fingerprint density at radius 1 is 1.05 bits per heavy atom. The zero-order chi connectivity index (χ0) is 16.0. The van der Waals surface area contributed by atoms with Gasteiger partial charge in [0.05, 0.1) is 17.5 Å². The molecule has 3 rings (SSSR count). The lowest BCUT2D eigenvalue weighted by molar-refractivity contribution is 0.0116. The van der Waals surface area contributed by atoms with Gasteiger partial charge in [-0.1, -0.05) is 44.2 Å². The summed E-state index contributed by atoms with van der Waals surface area (Å²) in [5, 5.41) is 10.8. The maximum atomic E-state index is 10.8. The van der Waals surface area contributed by atoms with E-state index in [1.165, 1.54) is 0 Å². The van der Waals surface area contributed by atoms with Gasteiger partial charge in [-0.05, 0) is 30.5 Å². The third kappa shape index (κ3) is 3.57. The van der Waals surface area contributed by atoms with Crippen LogP contribution in [0.25, 0.3) is 0 Å². The molecule has 2 aromatic rings. The Labute approximate surface area is 132 Å². The van der Waals surface area contributed by atoms with Crippen LogP contribution < -0.4 is 10.6 Å². The first-order valence-electron chi connectivity index (χ1n) is 7.92. The number of hydrogen-bond donors (Lipinski definition) is 2. The molecular formula is C18H25N3O. The van der Waals surface area contributed by atoms with Crippen molar-refractivity contribution in [2.45, 2.75) is 32.3 Å². The number of piperidine rings is 1. The highest BCUT2D eigenvalue weighted by Crippen LogP contribution is 2.33. The number of nitrogen functional groups attached to an aromatic ring is 1. The highest BCUT2D eigenvalue weighted by molar-refractivity contribution is 5.46. The van der Waals surface area contributed by atoms with Crippen molar-refractivity contribution in [1.82, 2.24) is 4.98 Å². The predicted octanol–water partition coefficient (Wildman–Crippen LogP) is 3.18. The second kappa shape index (κ2) is 7.27. The van der Waals surface area contributed by atoms with Gasteiger partial charge < -0.3 is 15.7 Å². The van der Waals surface area contributed by atoms with E-state index in [1.807, 2.05) is 56.3 Å². The van der Waals surface area contributed by atoms with Crippen LogP contribution in [0.3, 0.4) is 0 Å². The maximum Gasteiger partial charge on any atom is 0.128 e. The summed E-state index contributed by atoms with van der Waals surface area (Å²) >= 11 is 0. The maximum absolute atomic E-state index is 10.8. The Kier molecular flexibility index (Phi) is 5.39. The van der Waals surface area contributed by atoms with Crippen LogP contribution in [0.5, 0.6) is 0 Å². The molecule has 0 saturated carbocycles. The third-order valence-corrected chi connectivity index (χ3v) is 4.00. The van der Waals surface area contributed by atoms with Crippen LogP contribution >= 0.6 is 0 Å². The normalized spacial score (nSPS) is 16.6. The molecule has 0 atom stereocenters. The van der Waals surface area contributed by atoms with Crippen molar-refractivity contribution in [2.24, 2.45) is 0 Å². The Hall–Kier alpha value is -2.07. The molecule has 1 aliphatic rings. The number of benzene rings is 1. The summed E-state index contributed by atoms with van der Waals surface area (Å²) in [6.45, 7) is 5.59. The van der Waals surface area contributed by atoms with Crippen LogP contribution in [0.15, 0.2) is 48.7 Å². The van der Waals surface area contributed by atoms with Gasteiger partial charge in [0, 0.05) is 13.1 Å². The molecule has 0 bridgehead atoms. The van der Waals surface area contributed by atoms with Crippen molar-refractivity contribution in [1.29, 1.82) is 0 Å². The fourth-order valence-corrected chi connectivity index (χ4v) is 2.73. The van der Waals surface area contributed by atoms with Crippen LogP contribution in [0, 0.1) is 0 Å². The minimum atomic E-state index is -0.717. The van der Waals surface area contributed by atoms with Crippen LogP contribution in [0.1, 0.15) is 32.3 Å². The van der Waals surface area contributed by atoms with E-state index in [0.29, 0.717) is 18.5 Å². The molecule has 1 fully saturated rings.